The number of nitro groups is 1. The molecule has 0 aliphatic rings. The molecular formula is C13H18N2O5. The third kappa shape index (κ3) is 3.92. The van der Waals surface area contributed by atoms with Gasteiger partial charge in [-0.3, -0.25) is 10.1 Å². The average molecular weight is 282 g/mol. The van der Waals surface area contributed by atoms with Crippen molar-refractivity contribution in [2.45, 2.75) is 25.8 Å². The van der Waals surface area contributed by atoms with Crippen molar-refractivity contribution in [2.24, 2.45) is 0 Å². The number of nitro benzene ring substituents is 1. The van der Waals surface area contributed by atoms with E-state index in [1.807, 2.05) is 6.92 Å². The number of ether oxygens (including phenoxy) is 1. The Morgan fingerprint density at radius 1 is 1.55 bits per heavy atom. The molecule has 7 heteroatoms. The monoisotopic (exact) mass is 282 g/mol. The number of para-hydroxylation sites is 1. The van der Waals surface area contributed by atoms with Crippen molar-refractivity contribution in [2.75, 3.05) is 19.0 Å². The molecule has 0 spiro atoms. The Bertz CT molecular complexity index is 484. The van der Waals surface area contributed by atoms with Gasteiger partial charge in [0.05, 0.1) is 11.5 Å². The van der Waals surface area contributed by atoms with E-state index in [2.05, 4.69) is 5.32 Å². The van der Waals surface area contributed by atoms with Gasteiger partial charge in [0.15, 0.2) is 0 Å². The Kier molecular flexibility index (Phi) is 5.92. The second-order valence-corrected chi connectivity index (χ2v) is 4.35. The summed E-state index contributed by atoms with van der Waals surface area (Å²) < 4.78 is 5.06. The van der Waals surface area contributed by atoms with Gasteiger partial charge in [-0.15, -0.1) is 0 Å². The van der Waals surface area contributed by atoms with Crippen LogP contribution < -0.4 is 5.32 Å². The molecule has 0 fully saturated rings. The summed E-state index contributed by atoms with van der Waals surface area (Å²) in [5.74, 6) is -1.32. The molecule has 1 aromatic rings. The number of hydrogen-bond acceptors (Lipinski definition) is 5. The number of benzene rings is 1. The Balaban J connectivity index is 3.13. The van der Waals surface area contributed by atoms with Crippen molar-refractivity contribution in [3.05, 3.63) is 33.9 Å². The van der Waals surface area contributed by atoms with Crippen molar-refractivity contribution in [1.29, 1.82) is 0 Å². The van der Waals surface area contributed by atoms with Crippen molar-refractivity contribution < 1.29 is 19.6 Å². The van der Waals surface area contributed by atoms with Gasteiger partial charge in [-0.2, -0.15) is 0 Å². The summed E-state index contributed by atoms with van der Waals surface area (Å²) >= 11 is 0. The smallest absolute Gasteiger partial charge is 0.342 e. The van der Waals surface area contributed by atoms with Crippen LogP contribution >= 0.6 is 0 Å². The van der Waals surface area contributed by atoms with Gasteiger partial charge in [-0.1, -0.05) is 19.4 Å². The molecule has 0 heterocycles. The molecule has 0 amide bonds. The number of methoxy groups -OCH3 is 1. The molecule has 110 valence electrons. The minimum absolute atomic E-state index is 0.104. The van der Waals surface area contributed by atoms with Gasteiger partial charge < -0.3 is 15.2 Å². The molecule has 0 aromatic heterocycles. The molecule has 2 N–H and O–H groups in total. The highest BCUT2D eigenvalue weighted by Gasteiger charge is 2.25. The van der Waals surface area contributed by atoms with E-state index in [1.165, 1.54) is 18.2 Å². The van der Waals surface area contributed by atoms with Crippen LogP contribution in [0.3, 0.4) is 0 Å². The van der Waals surface area contributed by atoms with Gasteiger partial charge in [-0.25, -0.2) is 4.79 Å². The number of nitrogens with one attached hydrogen (secondary N) is 1. The van der Waals surface area contributed by atoms with Crippen molar-refractivity contribution in [3.63, 3.8) is 0 Å². The fourth-order valence-electron chi connectivity index (χ4n) is 2.00. The van der Waals surface area contributed by atoms with Crippen LogP contribution in [0.2, 0.25) is 0 Å². The van der Waals surface area contributed by atoms with Crippen LogP contribution in [0.4, 0.5) is 11.4 Å². The SMILES string of the molecule is CCCC(COC)Nc1cccc(C(=O)O)c1[N+](=O)[O-]. The first-order chi connectivity index (χ1) is 9.51. The maximum atomic E-state index is 11.1. The summed E-state index contributed by atoms with van der Waals surface area (Å²) in [7, 11) is 1.55. The number of aromatic carboxylic acids is 1. The van der Waals surface area contributed by atoms with Crippen LogP contribution in [-0.2, 0) is 4.74 Å². The van der Waals surface area contributed by atoms with Crippen LogP contribution in [0.5, 0.6) is 0 Å². The highest BCUT2D eigenvalue weighted by molar-refractivity contribution is 5.95. The minimum atomic E-state index is -1.32. The normalized spacial score (nSPS) is 11.9. The Labute approximate surface area is 116 Å². The first-order valence-corrected chi connectivity index (χ1v) is 6.27. The second-order valence-electron chi connectivity index (χ2n) is 4.35. The van der Waals surface area contributed by atoms with Crippen LogP contribution in [0.15, 0.2) is 18.2 Å². The van der Waals surface area contributed by atoms with Crippen LogP contribution in [0.25, 0.3) is 0 Å². The summed E-state index contributed by atoms with van der Waals surface area (Å²) in [5, 5.41) is 23.1. The lowest BCUT2D eigenvalue weighted by Crippen LogP contribution is -2.25. The maximum Gasteiger partial charge on any atom is 0.342 e. The fraction of sp³-hybridized carbons (Fsp3) is 0.462. The predicted octanol–water partition coefficient (Wildman–Crippen LogP) is 2.52. The summed E-state index contributed by atoms with van der Waals surface area (Å²) in [6, 6.07) is 4.10. The van der Waals surface area contributed by atoms with Gasteiger partial charge in [0.1, 0.15) is 11.3 Å². The van der Waals surface area contributed by atoms with E-state index in [1.54, 1.807) is 7.11 Å². The molecule has 1 unspecified atom stereocenters. The first-order valence-electron chi connectivity index (χ1n) is 6.27. The van der Waals surface area contributed by atoms with Crippen LogP contribution in [-0.4, -0.2) is 35.8 Å². The lowest BCUT2D eigenvalue weighted by molar-refractivity contribution is -0.384. The van der Waals surface area contributed by atoms with Crippen molar-refractivity contribution in [3.8, 4) is 0 Å². The predicted molar refractivity (Wildman–Crippen MR) is 74.3 cm³/mol. The van der Waals surface area contributed by atoms with E-state index >= 15 is 0 Å². The summed E-state index contributed by atoms with van der Waals surface area (Å²) in [6.07, 6.45) is 1.65. The average Bonchev–Trinajstić information content (AvgIpc) is 2.38. The summed E-state index contributed by atoms with van der Waals surface area (Å²) in [6.45, 7) is 2.38. The molecule has 1 rings (SSSR count). The topological polar surface area (TPSA) is 102 Å². The molecule has 1 atom stereocenters. The highest BCUT2D eigenvalue weighted by atomic mass is 16.6. The molecule has 0 saturated carbocycles. The van der Waals surface area contributed by atoms with Gasteiger partial charge in [0, 0.05) is 13.2 Å². The summed E-state index contributed by atoms with van der Waals surface area (Å²) in [4.78, 5) is 21.5. The van der Waals surface area contributed by atoms with Crippen molar-refractivity contribution in [1.82, 2.24) is 0 Å². The third-order valence-corrected chi connectivity index (χ3v) is 2.81. The number of anilines is 1. The van der Waals surface area contributed by atoms with E-state index in [0.29, 0.717) is 6.61 Å². The van der Waals surface area contributed by atoms with E-state index in [9.17, 15) is 14.9 Å². The van der Waals surface area contributed by atoms with E-state index in [0.717, 1.165) is 12.8 Å². The molecule has 0 saturated heterocycles. The van der Waals surface area contributed by atoms with Gasteiger partial charge in [0.25, 0.3) is 0 Å². The fourth-order valence-corrected chi connectivity index (χ4v) is 2.00. The van der Waals surface area contributed by atoms with E-state index < -0.39 is 16.6 Å². The number of carboxylic acids is 1. The number of carbonyl (C=O) groups is 1. The lowest BCUT2D eigenvalue weighted by Gasteiger charge is -2.18. The first kappa shape index (κ1) is 15.9. The molecular weight excluding hydrogens is 264 g/mol. The quantitative estimate of drug-likeness (QED) is 0.561. The van der Waals surface area contributed by atoms with E-state index in [-0.39, 0.29) is 17.3 Å². The van der Waals surface area contributed by atoms with Crippen LogP contribution in [0.1, 0.15) is 30.1 Å². The second kappa shape index (κ2) is 7.44. The standard InChI is InChI=1S/C13H18N2O5/c1-3-5-9(8-20-2)14-11-7-4-6-10(13(16)17)12(11)15(18)19/h4,6-7,9,14H,3,5,8H2,1-2H3,(H,16,17). The Morgan fingerprint density at radius 2 is 2.25 bits per heavy atom. The van der Waals surface area contributed by atoms with E-state index in [4.69, 9.17) is 9.84 Å². The maximum absolute atomic E-state index is 11.1. The Hall–Kier alpha value is -2.15. The molecule has 7 nitrogen and oxygen atoms in total. The molecule has 0 aliphatic heterocycles. The van der Waals surface area contributed by atoms with Gasteiger partial charge in [0.2, 0.25) is 0 Å². The summed E-state index contributed by atoms with van der Waals surface area (Å²) in [5.41, 5.74) is -0.546. The molecule has 1 aromatic carbocycles. The Morgan fingerprint density at radius 3 is 2.75 bits per heavy atom. The van der Waals surface area contributed by atoms with Gasteiger partial charge in [-0.05, 0) is 18.6 Å². The molecule has 20 heavy (non-hydrogen) atoms. The highest BCUT2D eigenvalue weighted by Crippen LogP contribution is 2.29. The van der Waals surface area contributed by atoms with Gasteiger partial charge >= 0.3 is 11.7 Å². The van der Waals surface area contributed by atoms with Crippen molar-refractivity contribution >= 4 is 17.3 Å². The molecule has 0 bridgehead atoms. The molecule has 0 aliphatic carbocycles. The zero-order chi connectivity index (χ0) is 15.1. The number of carboxylic acid groups (broad SMARTS) is 1. The third-order valence-electron chi connectivity index (χ3n) is 2.81. The lowest BCUT2D eigenvalue weighted by atomic mass is 10.1. The number of nitrogens with zero attached hydrogens (tertiary/aromatic N) is 1. The largest absolute Gasteiger partial charge is 0.477 e. The molecule has 0 radical (unpaired) electrons. The number of hydrogen-bond donors (Lipinski definition) is 2. The zero-order valence-corrected chi connectivity index (χ0v) is 11.5. The van der Waals surface area contributed by atoms with Crippen LogP contribution in [0, 0.1) is 10.1 Å². The zero-order valence-electron chi connectivity index (χ0n) is 11.5. The number of rotatable bonds is 8. The minimum Gasteiger partial charge on any atom is -0.477 e.